The van der Waals surface area contributed by atoms with Crippen LogP contribution in [0.4, 0.5) is 10.5 Å². The number of aromatic nitrogens is 1. The zero-order chi connectivity index (χ0) is 16.9. The first-order valence-electron chi connectivity index (χ1n) is 8.41. The van der Waals surface area contributed by atoms with Gasteiger partial charge in [-0.2, -0.15) is 0 Å². The summed E-state index contributed by atoms with van der Waals surface area (Å²) in [5, 5.41) is 4.13. The molecular weight excluding hydrogens is 320 g/mol. The van der Waals surface area contributed by atoms with Crippen molar-refractivity contribution < 1.29 is 4.79 Å². The molecule has 1 saturated heterocycles. The average molecular weight is 344 g/mol. The van der Waals surface area contributed by atoms with Crippen molar-refractivity contribution in [1.82, 2.24) is 15.2 Å². The summed E-state index contributed by atoms with van der Waals surface area (Å²) in [7, 11) is 1.83. The third-order valence-electron chi connectivity index (χ3n) is 4.31. The summed E-state index contributed by atoms with van der Waals surface area (Å²) in [6, 6.07) is 10.5. The van der Waals surface area contributed by atoms with Gasteiger partial charge in [0.05, 0.1) is 6.54 Å². The Hall–Kier alpha value is -2.08. The van der Waals surface area contributed by atoms with Crippen LogP contribution >= 0.6 is 11.3 Å². The van der Waals surface area contributed by atoms with E-state index in [1.54, 1.807) is 16.2 Å². The predicted octanol–water partition coefficient (Wildman–Crippen LogP) is 3.13. The van der Waals surface area contributed by atoms with E-state index in [9.17, 15) is 4.79 Å². The molecule has 0 unspecified atom stereocenters. The molecule has 24 heavy (non-hydrogen) atoms. The van der Waals surface area contributed by atoms with Crippen LogP contribution in [-0.4, -0.2) is 42.1 Å². The molecule has 1 aliphatic rings. The Morgan fingerprint density at radius 2 is 2.21 bits per heavy atom. The summed E-state index contributed by atoms with van der Waals surface area (Å²) in [6.07, 6.45) is 3.87. The summed E-state index contributed by atoms with van der Waals surface area (Å²) < 4.78 is 0. The van der Waals surface area contributed by atoms with Crippen molar-refractivity contribution in [1.29, 1.82) is 0 Å². The molecule has 0 spiro atoms. The van der Waals surface area contributed by atoms with Gasteiger partial charge in [-0.15, -0.1) is 11.3 Å². The van der Waals surface area contributed by atoms with Crippen molar-refractivity contribution in [3.05, 3.63) is 46.4 Å². The van der Waals surface area contributed by atoms with Crippen LogP contribution in [0.1, 0.15) is 23.2 Å². The number of hydrogen-bond acceptors (Lipinski definition) is 4. The molecule has 2 heterocycles. The molecule has 1 atom stereocenters. The van der Waals surface area contributed by atoms with Gasteiger partial charge in [0.2, 0.25) is 0 Å². The molecule has 128 valence electrons. The van der Waals surface area contributed by atoms with Crippen LogP contribution in [0.2, 0.25) is 0 Å². The van der Waals surface area contributed by atoms with E-state index >= 15 is 0 Å². The predicted molar refractivity (Wildman–Crippen MR) is 98.6 cm³/mol. The standard InChI is InChI=1S/C18H24N4OS/c1-3-16-11-19-17(24-16)13-21(2)18(23)20-14-9-10-22(12-14)15-7-5-4-6-8-15/h4-8,11,14H,3,9-10,12-13H2,1-2H3,(H,20,23)/t14-/m1/s1. The summed E-state index contributed by atoms with van der Waals surface area (Å²) in [5.41, 5.74) is 1.22. The van der Waals surface area contributed by atoms with E-state index < -0.39 is 0 Å². The molecule has 6 heteroatoms. The zero-order valence-corrected chi connectivity index (χ0v) is 15.1. The van der Waals surface area contributed by atoms with Crippen LogP contribution in [0.15, 0.2) is 36.5 Å². The summed E-state index contributed by atoms with van der Waals surface area (Å²) in [6.45, 7) is 4.52. The topological polar surface area (TPSA) is 48.5 Å². The van der Waals surface area contributed by atoms with Crippen molar-refractivity contribution >= 4 is 23.1 Å². The minimum absolute atomic E-state index is 0.0249. The molecule has 0 saturated carbocycles. The molecule has 1 aromatic heterocycles. The number of nitrogens with one attached hydrogen (secondary N) is 1. The maximum Gasteiger partial charge on any atom is 0.317 e. The molecule has 2 amide bonds. The van der Waals surface area contributed by atoms with Gasteiger partial charge in [-0.25, -0.2) is 9.78 Å². The molecule has 1 fully saturated rings. The zero-order valence-electron chi connectivity index (χ0n) is 14.2. The number of hydrogen-bond donors (Lipinski definition) is 1. The van der Waals surface area contributed by atoms with Gasteiger partial charge < -0.3 is 15.1 Å². The fraction of sp³-hybridized carbons (Fsp3) is 0.444. The van der Waals surface area contributed by atoms with Crippen LogP contribution in [0.5, 0.6) is 0 Å². The Labute approximate surface area is 147 Å². The Bertz CT molecular complexity index is 673. The van der Waals surface area contributed by atoms with Gasteiger partial charge in [-0.05, 0) is 25.0 Å². The van der Waals surface area contributed by atoms with E-state index in [0.29, 0.717) is 6.54 Å². The second-order valence-electron chi connectivity index (χ2n) is 6.15. The lowest BCUT2D eigenvalue weighted by Crippen LogP contribution is -2.43. The van der Waals surface area contributed by atoms with E-state index in [1.165, 1.54) is 10.6 Å². The first-order chi connectivity index (χ1) is 11.7. The second-order valence-corrected chi connectivity index (χ2v) is 7.35. The van der Waals surface area contributed by atoms with Gasteiger partial charge in [-0.3, -0.25) is 0 Å². The Morgan fingerprint density at radius 1 is 1.42 bits per heavy atom. The van der Waals surface area contributed by atoms with Crippen LogP contribution in [0.25, 0.3) is 0 Å². The number of amides is 2. The maximum atomic E-state index is 12.4. The van der Waals surface area contributed by atoms with Crippen molar-refractivity contribution in [3.63, 3.8) is 0 Å². The number of carbonyl (C=O) groups excluding carboxylic acids is 1. The Balaban J connectivity index is 1.49. The number of urea groups is 1. The van der Waals surface area contributed by atoms with Crippen LogP contribution in [0.3, 0.4) is 0 Å². The van der Waals surface area contributed by atoms with E-state index in [2.05, 4.69) is 34.3 Å². The van der Waals surface area contributed by atoms with E-state index in [0.717, 1.165) is 30.9 Å². The molecule has 1 aliphatic heterocycles. The smallest absolute Gasteiger partial charge is 0.317 e. The monoisotopic (exact) mass is 344 g/mol. The van der Waals surface area contributed by atoms with Gasteiger partial charge in [0.1, 0.15) is 5.01 Å². The number of aryl methyl sites for hydroxylation is 1. The Morgan fingerprint density at radius 3 is 2.92 bits per heavy atom. The fourth-order valence-electron chi connectivity index (χ4n) is 2.90. The van der Waals surface area contributed by atoms with Crippen LogP contribution in [0, 0.1) is 0 Å². The first-order valence-corrected chi connectivity index (χ1v) is 9.22. The van der Waals surface area contributed by atoms with Crippen molar-refractivity contribution in [2.24, 2.45) is 0 Å². The van der Waals surface area contributed by atoms with Gasteiger partial charge in [0.15, 0.2) is 0 Å². The lowest BCUT2D eigenvalue weighted by molar-refractivity contribution is 0.203. The van der Waals surface area contributed by atoms with Gasteiger partial charge >= 0.3 is 6.03 Å². The van der Waals surface area contributed by atoms with Gasteiger partial charge in [-0.1, -0.05) is 25.1 Å². The fourth-order valence-corrected chi connectivity index (χ4v) is 3.81. The van der Waals surface area contributed by atoms with E-state index in [1.807, 2.05) is 31.4 Å². The number of carbonyl (C=O) groups is 1. The molecule has 0 aliphatic carbocycles. The van der Waals surface area contributed by atoms with Gasteiger partial charge in [0.25, 0.3) is 0 Å². The number of para-hydroxylation sites is 1. The van der Waals surface area contributed by atoms with Crippen LogP contribution in [-0.2, 0) is 13.0 Å². The summed E-state index contributed by atoms with van der Waals surface area (Å²) in [5.74, 6) is 0. The second kappa shape index (κ2) is 7.66. The minimum atomic E-state index is -0.0249. The highest BCUT2D eigenvalue weighted by Crippen LogP contribution is 2.20. The number of benzene rings is 1. The molecule has 0 radical (unpaired) electrons. The SMILES string of the molecule is CCc1cnc(CN(C)C(=O)N[C@@H]2CCN(c3ccccc3)C2)s1. The highest BCUT2D eigenvalue weighted by Gasteiger charge is 2.25. The molecular formula is C18H24N4OS. The largest absolute Gasteiger partial charge is 0.369 e. The minimum Gasteiger partial charge on any atom is -0.369 e. The molecule has 2 aromatic rings. The highest BCUT2D eigenvalue weighted by molar-refractivity contribution is 7.11. The van der Waals surface area contributed by atoms with Gasteiger partial charge in [0, 0.05) is 42.9 Å². The first kappa shape index (κ1) is 16.8. The molecule has 1 aromatic carbocycles. The number of nitrogens with zero attached hydrogens (tertiary/aromatic N) is 3. The lowest BCUT2D eigenvalue weighted by Gasteiger charge is -2.21. The average Bonchev–Trinajstić information content (AvgIpc) is 3.25. The summed E-state index contributed by atoms with van der Waals surface area (Å²) >= 11 is 1.68. The molecule has 0 bridgehead atoms. The molecule has 3 rings (SSSR count). The quantitative estimate of drug-likeness (QED) is 0.906. The third-order valence-corrected chi connectivity index (χ3v) is 5.43. The number of rotatable bonds is 5. The number of thiazole rings is 1. The van der Waals surface area contributed by atoms with E-state index in [-0.39, 0.29) is 12.1 Å². The Kier molecular flexibility index (Phi) is 5.35. The van der Waals surface area contributed by atoms with E-state index in [4.69, 9.17) is 0 Å². The maximum absolute atomic E-state index is 12.4. The molecule has 5 nitrogen and oxygen atoms in total. The molecule has 1 N–H and O–H groups in total. The highest BCUT2D eigenvalue weighted by atomic mass is 32.1. The third kappa shape index (κ3) is 4.06. The normalized spacial score (nSPS) is 17.1. The summed E-state index contributed by atoms with van der Waals surface area (Å²) in [4.78, 5) is 22.1. The van der Waals surface area contributed by atoms with Crippen molar-refractivity contribution in [2.45, 2.75) is 32.4 Å². The number of anilines is 1. The van der Waals surface area contributed by atoms with Crippen molar-refractivity contribution in [2.75, 3.05) is 25.0 Å². The van der Waals surface area contributed by atoms with Crippen LogP contribution < -0.4 is 10.2 Å². The van der Waals surface area contributed by atoms with Crippen molar-refractivity contribution in [3.8, 4) is 0 Å². The lowest BCUT2D eigenvalue weighted by atomic mass is 10.3.